The molecule has 1 aromatic rings. The monoisotopic (exact) mass is 283 g/mol. The van der Waals surface area contributed by atoms with E-state index in [-0.39, 0.29) is 11.4 Å². The van der Waals surface area contributed by atoms with Crippen molar-refractivity contribution in [2.24, 2.45) is 10.8 Å². The van der Waals surface area contributed by atoms with E-state index in [1.807, 2.05) is 13.0 Å². The summed E-state index contributed by atoms with van der Waals surface area (Å²) in [6.07, 6.45) is 6.15. The molecule has 2 bridgehead atoms. The molecule has 3 nitrogen and oxygen atoms in total. The zero-order valence-corrected chi connectivity index (χ0v) is 12.7. The first kappa shape index (κ1) is 14.1. The normalized spacial score (nSPS) is 30.7. The molecule has 0 N–H and O–H groups in total. The maximum Gasteiger partial charge on any atom is 0.316 e. The highest BCUT2D eigenvalue weighted by atomic mass is 16.5. The second kappa shape index (κ2) is 4.87. The Hall–Kier alpha value is -1.82. The smallest absolute Gasteiger partial charge is 0.316 e. The number of esters is 1. The van der Waals surface area contributed by atoms with Crippen LogP contribution in [0.25, 0.3) is 4.85 Å². The molecule has 0 heterocycles. The summed E-state index contributed by atoms with van der Waals surface area (Å²) in [6.45, 7) is 11.5. The lowest BCUT2D eigenvalue weighted by Gasteiger charge is -2.50. The molecule has 0 aromatic heterocycles. The Labute approximate surface area is 126 Å². The summed E-state index contributed by atoms with van der Waals surface area (Å²) in [5.41, 5.74) is 1.57. The van der Waals surface area contributed by atoms with E-state index in [1.54, 1.807) is 12.1 Å². The van der Waals surface area contributed by atoms with Crippen molar-refractivity contribution in [2.75, 3.05) is 0 Å². The summed E-state index contributed by atoms with van der Waals surface area (Å²) in [5.74, 6) is 0.284. The van der Waals surface area contributed by atoms with Gasteiger partial charge in [0.25, 0.3) is 0 Å². The summed E-state index contributed by atoms with van der Waals surface area (Å²) in [5, 5.41) is 0. The standard InChI is InChI=1S/C18H21NO2/c1-13-4-5-15(14(12-13)19-3)21-16(20)18-9-6-17(2,7-10-18)8-11-18/h4-5,12H,6-11H2,1-2H3. The number of rotatable bonds is 2. The number of benzene rings is 1. The molecule has 110 valence electrons. The van der Waals surface area contributed by atoms with Crippen molar-refractivity contribution in [3.8, 4) is 5.75 Å². The van der Waals surface area contributed by atoms with Crippen LogP contribution in [0.1, 0.15) is 51.0 Å². The third-order valence-corrected chi connectivity index (χ3v) is 5.49. The van der Waals surface area contributed by atoms with Crippen molar-refractivity contribution >= 4 is 11.7 Å². The van der Waals surface area contributed by atoms with Gasteiger partial charge in [-0.25, -0.2) is 4.85 Å². The molecular formula is C18H21NO2. The van der Waals surface area contributed by atoms with E-state index in [4.69, 9.17) is 11.3 Å². The Morgan fingerprint density at radius 1 is 1.19 bits per heavy atom. The average Bonchev–Trinajstić information content (AvgIpc) is 2.50. The van der Waals surface area contributed by atoms with E-state index < -0.39 is 0 Å². The first-order valence-electron chi connectivity index (χ1n) is 7.67. The van der Waals surface area contributed by atoms with Crippen LogP contribution in [0.5, 0.6) is 5.75 Å². The highest BCUT2D eigenvalue weighted by molar-refractivity contribution is 5.81. The van der Waals surface area contributed by atoms with Gasteiger partial charge in [-0.3, -0.25) is 4.79 Å². The second-order valence-electron chi connectivity index (χ2n) is 7.06. The van der Waals surface area contributed by atoms with Gasteiger partial charge in [-0.2, -0.15) is 0 Å². The minimum atomic E-state index is -0.304. The SMILES string of the molecule is [C-]#[N+]c1cc(C)ccc1OC(=O)C12CCC(C)(CC1)CC2. The van der Waals surface area contributed by atoms with E-state index in [9.17, 15) is 4.79 Å². The van der Waals surface area contributed by atoms with Gasteiger partial charge in [-0.1, -0.05) is 18.6 Å². The minimum absolute atomic E-state index is 0.127. The number of ether oxygens (including phenoxy) is 1. The predicted octanol–water partition coefficient (Wildman–Crippen LogP) is 4.81. The fourth-order valence-electron chi connectivity index (χ4n) is 3.69. The van der Waals surface area contributed by atoms with E-state index in [0.29, 0.717) is 16.9 Å². The van der Waals surface area contributed by atoms with Crippen LogP contribution in [0.3, 0.4) is 0 Å². The first-order valence-corrected chi connectivity index (χ1v) is 7.67. The van der Waals surface area contributed by atoms with Gasteiger partial charge in [0, 0.05) is 0 Å². The topological polar surface area (TPSA) is 30.7 Å². The van der Waals surface area contributed by atoms with Gasteiger partial charge in [-0.15, -0.1) is 0 Å². The Balaban J connectivity index is 1.80. The number of hydrogen-bond acceptors (Lipinski definition) is 2. The lowest BCUT2D eigenvalue weighted by Crippen LogP contribution is -2.46. The molecule has 3 heteroatoms. The molecule has 4 rings (SSSR count). The van der Waals surface area contributed by atoms with Crippen molar-refractivity contribution in [3.63, 3.8) is 0 Å². The van der Waals surface area contributed by atoms with E-state index >= 15 is 0 Å². The van der Waals surface area contributed by atoms with E-state index in [2.05, 4.69) is 11.8 Å². The molecule has 3 fully saturated rings. The van der Waals surface area contributed by atoms with Gasteiger partial charge in [0.1, 0.15) is 5.75 Å². The lowest BCUT2D eigenvalue weighted by molar-refractivity contribution is -0.155. The summed E-state index contributed by atoms with van der Waals surface area (Å²) in [4.78, 5) is 16.1. The maximum absolute atomic E-state index is 12.7. The molecule has 21 heavy (non-hydrogen) atoms. The van der Waals surface area contributed by atoms with Crippen LogP contribution in [0, 0.1) is 24.3 Å². The number of hydrogen-bond donors (Lipinski definition) is 0. The van der Waals surface area contributed by atoms with E-state index in [0.717, 1.165) is 44.1 Å². The number of carbonyl (C=O) groups is 1. The van der Waals surface area contributed by atoms with Gasteiger partial charge in [0.2, 0.25) is 5.69 Å². The summed E-state index contributed by atoms with van der Waals surface area (Å²) in [7, 11) is 0. The summed E-state index contributed by atoms with van der Waals surface area (Å²) in [6, 6.07) is 5.40. The molecular weight excluding hydrogens is 262 g/mol. The molecule has 0 unspecified atom stereocenters. The fourth-order valence-corrected chi connectivity index (χ4v) is 3.69. The maximum atomic E-state index is 12.7. The number of fused-ring (bicyclic) bond motifs is 3. The predicted molar refractivity (Wildman–Crippen MR) is 81.3 cm³/mol. The number of nitrogens with zero attached hydrogens (tertiary/aromatic N) is 1. The fraction of sp³-hybridized carbons (Fsp3) is 0.556. The Morgan fingerprint density at radius 3 is 2.38 bits per heavy atom. The van der Waals surface area contributed by atoms with Gasteiger partial charge in [0.15, 0.2) is 0 Å². The summed E-state index contributed by atoms with van der Waals surface area (Å²) < 4.78 is 5.63. The quantitative estimate of drug-likeness (QED) is 0.443. The zero-order valence-electron chi connectivity index (χ0n) is 12.7. The largest absolute Gasteiger partial charge is 0.438 e. The van der Waals surface area contributed by atoms with Crippen LogP contribution in [-0.2, 0) is 4.79 Å². The molecule has 0 radical (unpaired) electrons. The van der Waals surface area contributed by atoms with Gasteiger partial charge in [-0.05, 0) is 63.0 Å². The van der Waals surface area contributed by atoms with Crippen molar-refractivity contribution in [1.82, 2.24) is 0 Å². The van der Waals surface area contributed by atoms with Crippen LogP contribution in [0.15, 0.2) is 18.2 Å². The van der Waals surface area contributed by atoms with Crippen LogP contribution in [0.4, 0.5) is 5.69 Å². The molecule has 1 aromatic carbocycles. The van der Waals surface area contributed by atoms with Crippen LogP contribution >= 0.6 is 0 Å². The number of aryl methyl sites for hydroxylation is 1. The minimum Gasteiger partial charge on any atom is -0.438 e. The average molecular weight is 283 g/mol. The lowest BCUT2D eigenvalue weighted by atomic mass is 9.54. The summed E-state index contributed by atoms with van der Waals surface area (Å²) >= 11 is 0. The molecule has 0 aliphatic heterocycles. The van der Waals surface area contributed by atoms with E-state index in [1.165, 1.54) is 0 Å². The molecule has 0 spiro atoms. The van der Waals surface area contributed by atoms with Crippen LogP contribution in [0.2, 0.25) is 0 Å². The van der Waals surface area contributed by atoms with Crippen LogP contribution in [-0.4, -0.2) is 5.97 Å². The van der Waals surface area contributed by atoms with Crippen molar-refractivity contribution in [3.05, 3.63) is 35.2 Å². The van der Waals surface area contributed by atoms with Crippen molar-refractivity contribution in [2.45, 2.75) is 52.4 Å². The molecule has 3 saturated carbocycles. The highest BCUT2D eigenvalue weighted by Crippen LogP contribution is 2.57. The molecule has 0 saturated heterocycles. The highest BCUT2D eigenvalue weighted by Gasteiger charge is 2.51. The van der Waals surface area contributed by atoms with Gasteiger partial charge in [0.05, 0.1) is 12.0 Å². The Bertz CT molecular complexity index is 602. The van der Waals surface area contributed by atoms with Crippen molar-refractivity contribution < 1.29 is 9.53 Å². The Kier molecular flexibility index (Phi) is 3.28. The third kappa shape index (κ3) is 2.44. The molecule has 3 aliphatic carbocycles. The second-order valence-corrected chi connectivity index (χ2v) is 7.06. The molecule has 3 aliphatic rings. The van der Waals surface area contributed by atoms with Gasteiger partial charge < -0.3 is 4.74 Å². The third-order valence-electron chi connectivity index (χ3n) is 5.49. The molecule has 0 amide bonds. The number of carbonyl (C=O) groups excluding carboxylic acids is 1. The zero-order chi connectivity index (χ0) is 15.1. The van der Waals surface area contributed by atoms with Crippen molar-refractivity contribution in [1.29, 1.82) is 0 Å². The van der Waals surface area contributed by atoms with Crippen LogP contribution < -0.4 is 4.74 Å². The Morgan fingerprint density at radius 2 is 1.81 bits per heavy atom. The van der Waals surface area contributed by atoms with Gasteiger partial charge >= 0.3 is 5.97 Å². The first-order chi connectivity index (χ1) is 9.96. The molecule has 0 atom stereocenters.